The number of likely N-dealkylation sites (tertiary alicyclic amines) is 1. The van der Waals surface area contributed by atoms with Crippen LogP contribution < -0.4 is 14.4 Å². The fourth-order valence-corrected chi connectivity index (χ4v) is 4.31. The summed E-state index contributed by atoms with van der Waals surface area (Å²) in [5.41, 5.74) is 2.22. The summed E-state index contributed by atoms with van der Waals surface area (Å²) in [6.45, 7) is 1.79. The van der Waals surface area contributed by atoms with Gasteiger partial charge in [0.15, 0.2) is 12.5 Å². The summed E-state index contributed by atoms with van der Waals surface area (Å²) >= 11 is 5.68. The van der Waals surface area contributed by atoms with E-state index in [1.165, 1.54) is 10.5 Å². The van der Waals surface area contributed by atoms with Crippen LogP contribution in [-0.2, 0) is 13.7 Å². The zero-order valence-electron chi connectivity index (χ0n) is 17.0. The molecule has 3 heterocycles. The molecule has 1 unspecified atom stereocenters. The molecule has 1 saturated heterocycles. The Morgan fingerprint density at radius 1 is 1.17 bits per heavy atom. The van der Waals surface area contributed by atoms with Crippen LogP contribution in [0.2, 0.25) is 0 Å². The van der Waals surface area contributed by atoms with Crippen LogP contribution in [0.15, 0.2) is 42.7 Å². The van der Waals surface area contributed by atoms with Gasteiger partial charge in [-0.05, 0) is 36.5 Å². The number of hydrogen-bond donors (Lipinski definition) is 1. The van der Waals surface area contributed by atoms with Gasteiger partial charge in [0.1, 0.15) is 17.5 Å². The minimum atomic E-state index is 0.337. The number of benzene rings is 1. The van der Waals surface area contributed by atoms with Crippen LogP contribution in [0.1, 0.15) is 24.4 Å². The average molecular weight is 413 g/mol. The van der Waals surface area contributed by atoms with Crippen LogP contribution in [0.4, 0.5) is 0 Å². The molecule has 0 spiro atoms. The monoisotopic (exact) mass is 412 g/mol. The quantitative estimate of drug-likeness (QED) is 0.630. The predicted octanol–water partition coefficient (Wildman–Crippen LogP) is 2.41. The summed E-state index contributed by atoms with van der Waals surface area (Å²) in [5, 5.41) is 4.82. The molecule has 1 fully saturated rings. The second-order valence-electron chi connectivity index (χ2n) is 7.27. The molecule has 152 valence electrons. The largest absolute Gasteiger partial charge is 0.497 e. The Bertz CT molecular complexity index is 1050. The third-order valence-corrected chi connectivity index (χ3v) is 6.12. The van der Waals surface area contributed by atoms with Crippen molar-refractivity contribution in [3.63, 3.8) is 0 Å². The average Bonchev–Trinajstić information content (AvgIpc) is 3.34. The van der Waals surface area contributed by atoms with Gasteiger partial charge in [-0.25, -0.2) is 0 Å². The van der Waals surface area contributed by atoms with Gasteiger partial charge in [0.25, 0.3) is 0 Å². The second-order valence-corrected chi connectivity index (χ2v) is 7.63. The molecule has 0 radical (unpaired) electrons. The number of nitrogens with zero attached hydrogens (tertiary/aromatic N) is 4. The van der Waals surface area contributed by atoms with E-state index in [2.05, 4.69) is 11.1 Å². The number of methoxy groups -OCH3 is 2. The first-order valence-corrected chi connectivity index (χ1v) is 10.1. The van der Waals surface area contributed by atoms with E-state index in [1.807, 2.05) is 40.6 Å². The summed E-state index contributed by atoms with van der Waals surface area (Å²) in [6, 6.07) is 10.3. The number of hydrogen-bond acceptors (Lipinski definition) is 5. The maximum absolute atomic E-state index is 5.68. The Morgan fingerprint density at radius 3 is 2.69 bits per heavy atom. The van der Waals surface area contributed by atoms with Crippen LogP contribution in [0, 0.1) is 4.77 Å². The van der Waals surface area contributed by atoms with Crippen molar-refractivity contribution in [3.05, 3.63) is 53.1 Å². The van der Waals surface area contributed by atoms with Gasteiger partial charge >= 0.3 is 0 Å². The van der Waals surface area contributed by atoms with Crippen LogP contribution in [0.25, 0.3) is 11.4 Å². The molecule has 1 N–H and O–H groups in total. The molecule has 2 aromatic heterocycles. The highest BCUT2D eigenvalue weighted by Gasteiger charge is 2.33. The van der Waals surface area contributed by atoms with Gasteiger partial charge in [-0.15, -0.1) is 5.10 Å². The van der Waals surface area contributed by atoms with Gasteiger partial charge in [-0.2, -0.15) is 4.68 Å². The van der Waals surface area contributed by atoms with E-state index in [-0.39, 0.29) is 0 Å². The summed E-state index contributed by atoms with van der Waals surface area (Å²) in [6.07, 6.45) is 5.81. The minimum absolute atomic E-state index is 0.337. The number of nitrogens with one attached hydrogen (secondary N) is 1. The molecule has 1 aliphatic heterocycles. The van der Waals surface area contributed by atoms with Crippen molar-refractivity contribution in [1.29, 1.82) is 0 Å². The van der Waals surface area contributed by atoms with Crippen LogP contribution in [0.3, 0.4) is 0 Å². The molecule has 3 aromatic rings. The summed E-state index contributed by atoms with van der Waals surface area (Å²) in [5.74, 6) is 2.53. The van der Waals surface area contributed by atoms with Crippen LogP contribution in [0.5, 0.6) is 11.5 Å². The topological polar surface area (TPSA) is 58.5 Å². The minimum Gasteiger partial charge on any atom is -0.497 e. The summed E-state index contributed by atoms with van der Waals surface area (Å²) in [4.78, 5) is 5.52. The van der Waals surface area contributed by atoms with Crippen LogP contribution in [-0.4, -0.2) is 40.1 Å². The van der Waals surface area contributed by atoms with Gasteiger partial charge in [-0.1, -0.05) is 0 Å². The molecule has 2 atom stereocenters. The molecule has 4 rings (SSSR count). The van der Waals surface area contributed by atoms with Gasteiger partial charge in [-0.3, -0.25) is 4.98 Å². The number of quaternary nitrogens is 1. The van der Waals surface area contributed by atoms with E-state index in [0.29, 0.717) is 6.04 Å². The predicted molar refractivity (Wildman–Crippen MR) is 113 cm³/mol. The fraction of sp³-hybridized carbons (Fsp3) is 0.381. The Labute approximate surface area is 175 Å². The molecule has 0 amide bonds. The molecule has 7 nitrogen and oxygen atoms in total. The van der Waals surface area contributed by atoms with E-state index in [0.717, 1.165) is 53.7 Å². The van der Waals surface area contributed by atoms with Crippen molar-refractivity contribution in [2.75, 3.05) is 20.8 Å². The molecule has 1 aliphatic rings. The van der Waals surface area contributed by atoms with Crippen molar-refractivity contribution in [1.82, 2.24) is 19.3 Å². The zero-order chi connectivity index (χ0) is 20.4. The molecular formula is C21H26N5O2S+. The maximum Gasteiger partial charge on any atom is 0.202 e. The number of rotatable bonds is 6. The standard InChI is InChI=1S/C21H25N5O2S/c1-24-20(15-8-10-22-11-9-15)23-26(21(24)29)14-25-12-4-5-18(25)17-7-6-16(27-2)13-19(17)28-3/h6-11,13,18H,4-5,12,14H2,1-3H3/p+1/t18-/m1/s1. The highest BCUT2D eigenvalue weighted by molar-refractivity contribution is 7.71. The van der Waals surface area contributed by atoms with Gasteiger partial charge in [0.2, 0.25) is 4.77 Å². The highest BCUT2D eigenvalue weighted by atomic mass is 32.1. The van der Waals surface area contributed by atoms with Crippen molar-refractivity contribution in [2.45, 2.75) is 25.6 Å². The van der Waals surface area contributed by atoms with E-state index in [9.17, 15) is 0 Å². The maximum atomic E-state index is 5.68. The Kier molecular flexibility index (Phi) is 5.64. The Morgan fingerprint density at radius 2 is 1.97 bits per heavy atom. The molecule has 29 heavy (non-hydrogen) atoms. The lowest BCUT2D eigenvalue weighted by Crippen LogP contribution is -3.09. The van der Waals surface area contributed by atoms with Gasteiger partial charge < -0.3 is 18.9 Å². The van der Waals surface area contributed by atoms with E-state index in [1.54, 1.807) is 26.6 Å². The van der Waals surface area contributed by atoms with Gasteiger partial charge in [0, 0.05) is 43.9 Å². The first-order chi connectivity index (χ1) is 14.1. The van der Waals surface area contributed by atoms with E-state index < -0.39 is 0 Å². The molecule has 0 saturated carbocycles. The van der Waals surface area contributed by atoms with E-state index >= 15 is 0 Å². The molecule has 0 bridgehead atoms. The Balaban J connectivity index is 1.63. The normalized spacial score (nSPS) is 18.7. The van der Waals surface area contributed by atoms with Gasteiger partial charge in [0.05, 0.1) is 26.3 Å². The lowest BCUT2D eigenvalue weighted by Gasteiger charge is -2.23. The number of pyridine rings is 1. The van der Waals surface area contributed by atoms with Crippen molar-refractivity contribution < 1.29 is 14.4 Å². The van der Waals surface area contributed by atoms with Crippen LogP contribution >= 0.6 is 12.2 Å². The lowest BCUT2D eigenvalue weighted by molar-refractivity contribution is -0.941. The lowest BCUT2D eigenvalue weighted by atomic mass is 10.0. The van der Waals surface area contributed by atoms with Crippen molar-refractivity contribution >= 4 is 12.2 Å². The SMILES string of the molecule is COc1ccc([C@H]2CCC[NH+]2Cn2nc(-c3ccncc3)n(C)c2=S)c(OC)c1. The Hall–Kier alpha value is -2.71. The zero-order valence-corrected chi connectivity index (χ0v) is 17.8. The van der Waals surface area contributed by atoms with Crippen molar-refractivity contribution in [3.8, 4) is 22.9 Å². The molecule has 1 aromatic carbocycles. The smallest absolute Gasteiger partial charge is 0.202 e. The third-order valence-electron chi connectivity index (χ3n) is 5.63. The number of aromatic nitrogens is 4. The second kappa shape index (κ2) is 8.34. The first kappa shape index (κ1) is 19.6. The fourth-order valence-electron chi connectivity index (χ4n) is 4.12. The van der Waals surface area contributed by atoms with Crippen molar-refractivity contribution in [2.24, 2.45) is 7.05 Å². The molecule has 0 aliphatic carbocycles. The third kappa shape index (κ3) is 3.77. The highest BCUT2D eigenvalue weighted by Crippen LogP contribution is 2.31. The first-order valence-electron chi connectivity index (χ1n) is 9.73. The molecular weight excluding hydrogens is 386 g/mol. The summed E-state index contributed by atoms with van der Waals surface area (Å²) < 4.78 is 15.6. The summed E-state index contributed by atoms with van der Waals surface area (Å²) in [7, 11) is 5.35. The molecule has 8 heteroatoms. The number of ether oxygens (including phenoxy) is 2. The van der Waals surface area contributed by atoms with E-state index in [4.69, 9.17) is 26.8 Å².